The van der Waals surface area contributed by atoms with Crippen LogP contribution in [0.4, 0.5) is 0 Å². The number of thiophene rings is 1. The van der Waals surface area contributed by atoms with Gasteiger partial charge in [0.15, 0.2) is 0 Å². The van der Waals surface area contributed by atoms with Crippen LogP contribution < -0.4 is 4.72 Å². The number of hydrogen-bond acceptors (Lipinski definition) is 5. The van der Waals surface area contributed by atoms with Gasteiger partial charge in [-0.2, -0.15) is 0 Å². The summed E-state index contributed by atoms with van der Waals surface area (Å²) >= 11 is 1.06. The number of sulfonamides is 1. The maximum Gasteiger partial charge on any atom is 0.311 e. The number of carbonyl (C=O) groups is 2. The zero-order chi connectivity index (χ0) is 16.8. The fourth-order valence-electron chi connectivity index (χ4n) is 3.64. The summed E-state index contributed by atoms with van der Waals surface area (Å²) in [5.74, 6) is -1.13. The van der Waals surface area contributed by atoms with E-state index in [-0.39, 0.29) is 23.3 Å². The van der Waals surface area contributed by atoms with Gasteiger partial charge < -0.3 is 10.0 Å². The number of aliphatic carboxylic acids is 1. The van der Waals surface area contributed by atoms with Crippen LogP contribution in [0.2, 0.25) is 0 Å². The molecule has 1 aromatic rings. The molecule has 0 spiro atoms. The molecule has 1 saturated carbocycles. The predicted molar refractivity (Wildman–Crippen MR) is 83.9 cm³/mol. The van der Waals surface area contributed by atoms with Crippen molar-refractivity contribution in [3.8, 4) is 0 Å². The standard InChI is InChI=1S/C14H18N2O5S2/c1-15-23(20,21)10-5-11(22-7-10)12(17)16-6-9-3-2-4-14(9,8-16)13(18)19/h5,7,9,15H,2-4,6,8H2,1H3,(H,18,19)/t9-,14+/m0/s1. The van der Waals surface area contributed by atoms with Gasteiger partial charge in [0.1, 0.15) is 0 Å². The molecule has 3 rings (SSSR count). The third-order valence-corrected chi connectivity index (χ3v) is 7.41. The van der Waals surface area contributed by atoms with Crippen LogP contribution in [0, 0.1) is 11.3 Å². The van der Waals surface area contributed by atoms with Gasteiger partial charge in [-0.1, -0.05) is 6.42 Å². The summed E-state index contributed by atoms with van der Waals surface area (Å²) in [4.78, 5) is 26.2. The molecule has 0 unspecified atom stereocenters. The first kappa shape index (κ1) is 16.4. The Morgan fingerprint density at radius 2 is 2.22 bits per heavy atom. The van der Waals surface area contributed by atoms with E-state index in [9.17, 15) is 23.1 Å². The second-order valence-corrected chi connectivity index (χ2v) is 8.89. The van der Waals surface area contributed by atoms with Gasteiger partial charge in [-0.3, -0.25) is 9.59 Å². The summed E-state index contributed by atoms with van der Waals surface area (Å²) in [6, 6.07) is 1.35. The molecule has 1 aromatic heterocycles. The molecule has 0 bridgehead atoms. The van der Waals surface area contributed by atoms with Gasteiger partial charge in [0, 0.05) is 18.5 Å². The minimum atomic E-state index is -3.58. The molecule has 1 aliphatic heterocycles. The van der Waals surface area contributed by atoms with Crippen molar-refractivity contribution in [2.75, 3.05) is 20.1 Å². The molecular weight excluding hydrogens is 340 g/mol. The Morgan fingerprint density at radius 1 is 1.48 bits per heavy atom. The van der Waals surface area contributed by atoms with E-state index in [2.05, 4.69) is 4.72 Å². The lowest BCUT2D eigenvalue weighted by atomic mass is 9.81. The van der Waals surface area contributed by atoms with Crippen LogP contribution in [0.5, 0.6) is 0 Å². The maximum absolute atomic E-state index is 12.6. The van der Waals surface area contributed by atoms with Crippen molar-refractivity contribution in [1.29, 1.82) is 0 Å². The summed E-state index contributed by atoms with van der Waals surface area (Å²) in [6.07, 6.45) is 2.29. The largest absolute Gasteiger partial charge is 0.481 e. The number of carboxylic acids is 1. The van der Waals surface area contributed by atoms with Crippen LogP contribution in [-0.2, 0) is 14.8 Å². The van der Waals surface area contributed by atoms with Crippen LogP contribution in [-0.4, -0.2) is 50.4 Å². The highest BCUT2D eigenvalue weighted by Gasteiger charge is 2.55. The van der Waals surface area contributed by atoms with Crippen LogP contribution in [0.25, 0.3) is 0 Å². The van der Waals surface area contributed by atoms with Gasteiger partial charge in [-0.05, 0) is 31.9 Å². The second kappa shape index (κ2) is 5.57. The van der Waals surface area contributed by atoms with Gasteiger partial charge in [-0.15, -0.1) is 11.3 Å². The van der Waals surface area contributed by atoms with E-state index < -0.39 is 21.4 Å². The number of carboxylic acid groups (broad SMARTS) is 1. The van der Waals surface area contributed by atoms with E-state index in [0.717, 1.165) is 24.2 Å². The van der Waals surface area contributed by atoms with E-state index in [1.165, 1.54) is 18.5 Å². The molecule has 2 atom stereocenters. The molecular formula is C14H18N2O5S2. The molecule has 0 aromatic carbocycles. The Labute approximate surface area is 138 Å². The van der Waals surface area contributed by atoms with Crippen molar-refractivity contribution in [2.45, 2.75) is 24.2 Å². The quantitative estimate of drug-likeness (QED) is 0.835. The molecule has 0 radical (unpaired) electrons. The monoisotopic (exact) mass is 358 g/mol. The highest BCUT2D eigenvalue weighted by molar-refractivity contribution is 7.89. The van der Waals surface area contributed by atoms with Crippen molar-refractivity contribution in [3.05, 3.63) is 16.3 Å². The average molecular weight is 358 g/mol. The van der Waals surface area contributed by atoms with Gasteiger partial charge in [0.05, 0.1) is 15.2 Å². The summed E-state index contributed by atoms with van der Waals surface area (Å²) in [5.41, 5.74) is -0.827. The van der Waals surface area contributed by atoms with E-state index in [1.54, 1.807) is 4.90 Å². The summed E-state index contributed by atoms with van der Waals surface area (Å²) < 4.78 is 25.7. The molecule has 126 valence electrons. The highest BCUT2D eigenvalue weighted by atomic mass is 32.2. The Hall–Kier alpha value is -1.45. The third-order valence-electron chi connectivity index (χ3n) is 4.95. The number of hydrogen-bond donors (Lipinski definition) is 2. The van der Waals surface area contributed by atoms with Crippen molar-refractivity contribution in [2.24, 2.45) is 11.3 Å². The van der Waals surface area contributed by atoms with Crippen molar-refractivity contribution >= 4 is 33.2 Å². The normalized spacial score (nSPS) is 27.2. The van der Waals surface area contributed by atoms with Crippen LogP contribution in [0.15, 0.2) is 16.3 Å². The lowest BCUT2D eigenvalue weighted by molar-refractivity contribution is -0.149. The number of nitrogens with one attached hydrogen (secondary N) is 1. The number of carbonyl (C=O) groups excluding carboxylic acids is 1. The zero-order valence-electron chi connectivity index (χ0n) is 12.6. The first-order valence-electron chi connectivity index (χ1n) is 7.35. The van der Waals surface area contributed by atoms with E-state index in [1.807, 2.05) is 0 Å². The zero-order valence-corrected chi connectivity index (χ0v) is 14.2. The van der Waals surface area contributed by atoms with Gasteiger partial charge in [0.2, 0.25) is 10.0 Å². The van der Waals surface area contributed by atoms with Gasteiger partial charge >= 0.3 is 5.97 Å². The van der Waals surface area contributed by atoms with E-state index in [0.29, 0.717) is 17.8 Å². The minimum absolute atomic E-state index is 0.00979. The smallest absolute Gasteiger partial charge is 0.311 e. The molecule has 2 fully saturated rings. The first-order valence-corrected chi connectivity index (χ1v) is 9.71. The molecule has 1 amide bonds. The van der Waals surface area contributed by atoms with Gasteiger partial charge in [0.25, 0.3) is 5.91 Å². The maximum atomic E-state index is 12.6. The van der Waals surface area contributed by atoms with Crippen LogP contribution >= 0.6 is 11.3 Å². The molecule has 1 aliphatic carbocycles. The first-order chi connectivity index (χ1) is 10.8. The highest BCUT2D eigenvalue weighted by Crippen LogP contribution is 2.49. The SMILES string of the molecule is CNS(=O)(=O)c1csc(C(=O)N2C[C@@H]3CCC[C@@]3(C(=O)O)C2)c1. The summed E-state index contributed by atoms with van der Waals surface area (Å²) in [6.45, 7) is 0.634. The fourth-order valence-corrected chi connectivity index (χ4v) is 5.61. The van der Waals surface area contributed by atoms with Crippen LogP contribution in [0.3, 0.4) is 0 Å². The van der Waals surface area contributed by atoms with E-state index in [4.69, 9.17) is 0 Å². The average Bonchev–Trinajstić information content (AvgIpc) is 3.19. The van der Waals surface area contributed by atoms with Crippen LogP contribution in [0.1, 0.15) is 28.9 Å². The lowest BCUT2D eigenvalue weighted by Gasteiger charge is -2.23. The lowest BCUT2D eigenvalue weighted by Crippen LogP contribution is -2.37. The van der Waals surface area contributed by atoms with Crippen molar-refractivity contribution in [3.63, 3.8) is 0 Å². The minimum Gasteiger partial charge on any atom is -0.481 e. The second-order valence-electron chi connectivity index (χ2n) is 6.09. The Morgan fingerprint density at radius 3 is 2.83 bits per heavy atom. The van der Waals surface area contributed by atoms with Gasteiger partial charge in [-0.25, -0.2) is 13.1 Å². The summed E-state index contributed by atoms with van der Waals surface area (Å²) in [5, 5.41) is 11.0. The molecule has 9 heteroatoms. The topological polar surface area (TPSA) is 104 Å². The Bertz CT molecular complexity index is 757. The van der Waals surface area contributed by atoms with Crippen molar-refractivity contribution < 1.29 is 23.1 Å². The molecule has 23 heavy (non-hydrogen) atoms. The molecule has 7 nitrogen and oxygen atoms in total. The number of amides is 1. The molecule has 2 heterocycles. The Kier molecular flexibility index (Phi) is 3.97. The van der Waals surface area contributed by atoms with E-state index >= 15 is 0 Å². The molecule has 2 aliphatic rings. The third kappa shape index (κ3) is 2.56. The molecule has 2 N–H and O–H groups in total. The predicted octanol–water partition coefficient (Wildman–Crippen LogP) is 0.983. The number of likely N-dealkylation sites (tertiary alicyclic amines) is 1. The number of rotatable bonds is 4. The summed E-state index contributed by atoms with van der Waals surface area (Å²) in [7, 11) is -2.27. The fraction of sp³-hybridized carbons (Fsp3) is 0.571. The van der Waals surface area contributed by atoms with Crippen molar-refractivity contribution in [1.82, 2.24) is 9.62 Å². The number of nitrogens with zero attached hydrogens (tertiary/aromatic N) is 1. The Balaban J connectivity index is 1.82. The molecule has 1 saturated heterocycles. The number of fused-ring (bicyclic) bond motifs is 1.